The van der Waals surface area contributed by atoms with Crippen molar-refractivity contribution in [3.63, 3.8) is 0 Å². The van der Waals surface area contributed by atoms with E-state index in [0.717, 1.165) is 11.3 Å². The Bertz CT molecular complexity index is 429. The van der Waals surface area contributed by atoms with Crippen LogP contribution in [0, 0.1) is 0 Å². The summed E-state index contributed by atoms with van der Waals surface area (Å²) in [7, 11) is 0. The molecule has 2 rings (SSSR count). The van der Waals surface area contributed by atoms with E-state index in [2.05, 4.69) is 10.2 Å². The van der Waals surface area contributed by atoms with Crippen LogP contribution in [0.15, 0.2) is 24.3 Å². The smallest absolute Gasteiger partial charge is 0.225 e. The first-order valence-corrected chi connectivity index (χ1v) is 7.16. The third-order valence-corrected chi connectivity index (χ3v) is 3.55. The summed E-state index contributed by atoms with van der Waals surface area (Å²) >= 11 is 0. The molecule has 1 amide bonds. The van der Waals surface area contributed by atoms with Crippen LogP contribution in [0.5, 0.6) is 0 Å². The first-order chi connectivity index (χ1) is 9.72. The van der Waals surface area contributed by atoms with Gasteiger partial charge in [-0.3, -0.25) is 9.69 Å². The van der Waals surface area contributed by atoms with E-state index >= 15 is 0 Å². The van der Waals surface area contributed by atoms with Crippen LogP contribution in [0.3, 0.4) is 0 Å². The van der Waals surface area contributed by atoms with Crippen molar-refractivity contribution in [2.24, 2.45) is 5.73 Å². The maximum absolute atomic E-state index is 11.9. The van der Waals surface area contributed by atoms with E-state index in [1.165, 1.54) is 12.8 Å². The molecule has 4 N–H and O–H groups in total. The van der Waals surface area contributed by atoms with Gasteiger partial charge in [-0.15, -0.1) is 0 Å². The summed E-state index contributed by atoms with van der Waals surface area (Å²) in [6.45, 7) is 2.02. The van der Waals surface area contributed by atoms with Gasteiger partial charge >= 0.3 is 0 Å². The van der Waals surface area contributed by atoms with Crippen LogP contribution in [0.2, 0.25) is 0 Å². The number of hydrogen-bond donors (Lipinski definition) is 3. The van der Waals surface area contributed by atoms with Gasteiger partial charge in [0.1, 0.15) is 0 Å². The van der Waals surface area contributed by atoms with Crippen LogP contribution in [-0.2, 0) is 11.3 Å². The Kier molecular flexibility index (Phi) is 5.52. The molecule has 5 heteroatoms. The van der Waals surface area contributed by atoms with E-state index in [-0.39, 0.29) is 12.5 Å². The Balaban J connectivity index is 1.76. The monoisotopic (exact) mass is 277 g/mol. The highest BCUT2D eigenvalue weighted by Gasteiger charge is 2.28. The quantitative estimate of drug-likeness (QED) is 0.660. The average molecular weight is 277 g/mol. The molecule has 0 aliphatic heterocycles. The molecule has 1 aliphatic carbocycles. The van der Waals surface area contributed by atoms with Gasteiger partial charge in [-0.05, 0) is 30.5 Å². The van der Waals surface area contributed by atoms with Crippen molar-refractivity contribution in [1.29, 1.82) is 0 Å². The fourth-order valence-corrected chi connectivity index (χ4v) is 2.24. The van der Waals surface area contributed by atoms with Gasteiger partial charge in [0.15, 0.2) is 0 Å². The molecule has 110 valence electrons. The van der Waals surface area contributed by atoms with Crippen molar-refractivity contribution in [3.8, 4) is 0 Å². The van der Waals surface area contributed by atoms with Gasteiger partial charge in [0.2, 0.25) is 5.91 Å². The van der Waals surface area contributed by atoms with Crippen molar-refractivity contribution in [2.45, 2.75) is 31.8 Å². The Morgan fingerprint density at radius 3 is 2.55 bits per heavy atom. The fraction of sp³-hybridized carbons (Fsp3) is 0.533. The third-order valence-electron chi connectivity index (χ3n) is 3.55. The molecule has 20 heavy (non-hydrogen) atoms. The Hall–Kier alpha value is -1.43. The lowest BCUT2D eigenvalue weighted by molar-refractivity contribution is -0.116. The predicted octanol–water partition coefficient (Wildman–Crippen LogP) is 0.931. The Labute approximate surface area is 119 Å². The van der Waals surface area contributed by atoms with Crippen LogP contribution in [0.4, 0.5) is 5.69 Å². The first-order valence-electron chi connectivity index (χ1n) is 7.16. The van der Waals surface area contributed by atoms with Crippen LogP contribution in [0.25, 0.3) is 0 Å². The van der Waals surface area contributed by atoms with Gasteiger partial charge in [-0.1, -0.05) is 12.1 Å². The summed E-state index contributed by atoms with van der Waals surface area (Å²) in [6.07, 6.45) is 2.82. The first kappa shape index (κ1) is 15.0. The second kappa shape index (κ2) is 7.38. The summed E-state index contributed by atoms with van der Waals surface area (Å²) in [4.78, 5) is 14.1. The van der Waals surface area contributed by atoms with Crippen LogP contribution >= 0.6 is 0 Å². The maximum atomic E-state index is 11.9. The highest BCUT2D eigenvalue weighted by atomic mass is 16.3. The van der Waals surface area contributed by atoms with Gasteiger partial charge in [0.25, 0.3) is 0 Å². The lowest BCUT2D eigenvalue weighted by Crippen LogP contribution is -2.32. The number of aliphatic hydroxyl groups is 1. The molecule has 5 nitrogen and oxygen atoms in total. The van der Waals surface area contributed by atoms with E-state index in [4.69, 9.17) is 10.8 Å². The van der Waals surface area contributed by atoms with E-state index in [9.17, 15) is 4.79 Å². The van der Waals surface area contributed by atoms with E-state index in [1.54, 1.807) is 0 Å². The Morgan fingerprint density at radius 1 is 1.30 bits per heavy atom. The minimum absolute atomic E-state index is 0.00842. The minimum atomic E-state index is 0.00842. The number of carbonyl (C=O) groups is 1. The summed E-state index contributed by atoms with van der Waals surface area (Å²) < 4.78 is 0. The van der Waals surface area contributed by atoms with Crippen molar-refractivity contribution in [1.82, 2.24) is 4.90 Å². The number of nitrogens with one attached hydrogen (secondary N) is 1. The standard InChI is InChI=1S/C15H23N3O2/c16-11-12-1-3-13(4-2-12)17-15(20)7-8-18(9-10-19)14-5-6-14/h1-4,14,19H,5-11,16H2,(H,17,20). The minimum Gasteiger partial charge on any atom is -0.395 e. The molecule has 1 aliphatic rings. The molecule has 0 radical (unpaired) electrons. The number of amides is 1. The second-order valence-corrected chi connectivity index (χ2v) is 5.19. The molecule has 0 heterocycles. The van der Waals surface area contributed by atoms with Crippen LogP contribution in [-0.4, -0.2) is 41.7 Å². The molecule has 0 bridgehead atoms. The highest BCUT2D eigenvalue weighted by Crippen LogP contribution is 2.26. The van der Waals surface area contributed by atoms with Gasteiger partial charge in [0.05, 0.1) is 6.61 Å². The zero-order chi connectivity index (χ0) is 14.4. The molecule has 1 saturated carbocycles. The molecule has 0 saturated heterocycles. The second-order valence-electron chi connectivity index (χ2n) is 5.19. The third kappa shape index (κ3) is 4.59. The van der Waals surface area contributed by atoms with Gasteiger partial charge in [0, 0.05) is 37.8 Å². The number of benzene rings is 1. The number of nitrogens with two attached hydrogens (primary N) is 1. The molecule has 1 aromatic rings. The van der Waals surface area contributed by atoms with E-state index in [0.29, 0.717) is 32.1 Å². The van der Waals surface area contributed by atoms with E-state index < -0.39 is 0 Å². The van der Waals surface area contributed by atoms with Crippen molar-refractivity contribution < 1.29 is 9.90 Å². The lowest BCUT2D eigenvalue weighted by atomic mass is 10.2. The Morgan fingerprint density at radius 2 is 2.00 bits per heavy atom. The summed E-state index contributed by atoms with van der Waals surface area (Å²) in [5.74, 6) is 0.00842. The molecule has 1 fully saturated rings. The van der Waals surface area contributed by atoms with Crippen molar-refractivity contribution in [2.75, 3.05) is 25.0 Å². The van der Waals surface area contributed by atoms with Gasteiger partial charge in [-0.25, -0.2) is 0 Å². The zero-order valence-electron chi connectivity index (χ0n) is 11.7. The molecule has 0 aromatic heterocycles. The number of rotatable bonds is 8. The van der Waals surface area contributed by atoms with Gasteiger partial charge < -0.3 is 16.2 Å². The number of aliphatic hydroxyl groups excluding tert-OH is 1. The van der Waals surface area contributed by atoms with E-state index in [1.807, 2.05) is 24.3 Å². The normalized spacial score (nSPS) is 14.6. The van der Waals surface area contributed by atoms with Crippen molar-refractivity contribution >= 4 is 11.6 Å². The summed E-state index contributed by atoms with van der Waals surface area (Å²) in [5, 5.41) is 11.9. The topological polar surface area (TPSA) is 78.6 Å². The largest absolute Gasteiger partial charge is 0.395 e. The SMILES string of the molecule is NCc1ccc(NC(=O)CCN(CCO)C2CC2)cc1. The lowest BCUT2D eigenvalue weighted by Gasteiger charge is -2.20. The van der Waals surface area contributed by atoms with Gasteiger partial charge in [-0.2, -0.15) is 0 Å². The molecule has 1 aromatic carbocycles. The molecule has 0 spiro atoms. The molecular formula is C15H23N3O2. The maximum Gasteiger partial charge on any atom is 0.225 e. The molecule has 0 unspecified atom stereocenters. The molecule has 0 atom stereocenters. The summed E-state index contributed by atoms with van der Waals surface area (Å²) in [5.41, 5.74) is 7.38. The number of carbonyl (C=O) groups excluding carboxylic acids is 1. The molecular weight excluding hydrogens is 254 g/mol. The van der Waals surface area contributed by atoms with Crippen LogP contribution in [0.1, 0.15) is 24.8 Å². The number of nitrogens with zero attached hydrogens (tertiary/aromatic N) is 1. The number of hydrogen-bond acceptors (Lipinski definition) is 4. The van der Waals surface area contributed by atoms with Crippen LogP contribution < -0.4 is 11.1 Å². The highest BCUT2D eigenvalue weighted by molar-refractivity contribution is 5.90. The zero-order valence-corrected chi connectivity index (χ0v) is 11.7. The fourth-order valence-electron chi connectivity index (χ4n) is 2.24. The summed E-state index contributed by atoms with van der Waals surface area (Å²) in [6, 6.07) is 8.13. The number of anilines is 1. The predicted molar refractivity (Wildman–Crippen MR) is 79.3 cm³/mol. The average Bonchev–Trinajstić information content (AvgIpc) is 3.29. The van der Waals surface area contributed by atoms with Crippen molar-refractivity contribution in [3.05, 3.63) is 29.8 Å².